The molecule has 4 aromatic carbocycles. The molecule has 0 radical (unpaired) electrons. The Morgan fingerprint density at radius 1 is 0.818 bits per heavy atom. The number of benzene rings is 4. The highest BCUT2D eigenvalue weighted by Gasteiger charge is 2.29. The van der Waals surface area contributed by atoms with E-state index in [1.54, 1.807) is 24.3 Å². The maximum atomic E-state index is 13.5. The summed E-state index contributed by atoms with van der Waals surface area (Å²) in [6, 6.07) is 26.1. The highest BCUT2D eigenvalue weighted by molar-refractivity contribution is 6.55. The smallest absolute Gasteiger partial charge is 0.212 e. The number of carbonyl (C=O) groups excluding carboxylic acids is 1. The van der Waals surface area contributed by atoms with E-state index in [4.69, 9.17) is 0 Å². The summed E-state index contributed by atoms with van der Waals surface area (Å²) in [5, 5.41) is 18.9. The molecule has 1 N–H and O–H groups in total. The number of aliphatic hydroxyl groups is 1. The van der Waals surface area contributed by atoms with Crippen molar-refractivity contribution in [1.82, 2.24) is 0 Å². The molecular formula is C28H17FN2O2. The summed E-state index contributed by atoms with van der Waals surface area (Å²) >= 11 is 0. The molecule has 5 rings (SSSR count). The lowest BCUT2D eigenvalue weighted by Crippen LogP contribution is -2.22. The zero-order valence-corrected chi connectivity index (χ0v) is 17.4. The molecule has 1 aliphatic carbocycles. The third-order valence-corrected chi connectivity index (χ3v) is 5.68. The molecule has 0 heterocycles. The minimum atomic E-state index is -0.379. The normalized spacial score (nSPS) is 13.4. The van der Waals surface area contributed by atoms with Gasteiger partial charge in [-0.3, -0.25) is 4.79 Å². The number of hydrogen-bond acceptors (Lipinski definition) is 4. The van der Waals surface area contributed by atoms with Gasteiger partial charge in [0.05, 0.1) is 23.9 Å². The second-order valence-electron chi connectivity index (χ2n) is 7.76. The van der Waals surface area contributed by atoms with E-state index in [9.17, 15) is 19.6 Å². The number of hydrogen-bond donors (Lipinski definition) is 1. The largest absolute Gasteiger partial charge is 0.392 e. The van der Waals surface area contributed by atoms with Crippen LogP contribution in [0.25, 0.3) is 22.3 Å². The minimum absolute atomic E-state index is 0.0607. The first kappa shape index (κ1) is 20.5. The highest BCUT2D eigenvalue weighted by atomic mass is 19.1. The fraction of sp³-hybridized carbons (Fsp3) is 0.0357. The van der Waals surface area contributed by atoms with Crippen molar-refractivity contribution in [3.05, 3.63) is 113 Å². The van der Waals surface area contributed by atoms with Crippen molar-refractivity contribution in [1.29, 1.82) is 5.26 Å². The first-order chi connectivity index (χ1) is 16.1. The molecule has 0 unspecified atom stereocenters. The molecule has 33 heavy (non-hydrogen) atoms. The van der Waals surface area contributed by atoms with Crippen LogP contribution in [0.3, 0.4) is 0 Å². The Bertz CT molecular complexity index is 1480. The molecule has 0 amide bonds. The van der Waals surface area contributed by atoms with E-state index < -0.39 is 0 Å². The third kappa shape index (κ3) is 3.73. The number of aliphatic hydroxyl groups excluding tert-OH is 1. The van der Waals surface area contributed by atoms with Crippen LogP contribution in [0, 0.1) is 17.1 Å². The van der Waals surface area contributed by atoms with Gasteiger partial charge in [-0.1, -0.05) is 30.3 Å². The molecule has 0 spiro atoms. The Kier molecular flexibility index (Phi) is 5.14. The average molecular weight is 432 g/mol. The molecule has 0 fully saturated rings. The fourth-order valence-electron chi connectivity index (χ4n) is 4.04. The van der Waals surface area contributed by atoms with Crippen molar-refractivity contribution in [2.45, 2.75) is 6.61 Å². The Morgan fingerprint density at radius 2 is 1.55 bits per heavy atom. The topological polar surface area (TPSA) is 73.4 Å². The van der Waals surface area contributed by atoms with Gasteiger partial charge in [0.1, 0.15) is 11.5 Å². The number of rotatable bonds is 3. The van der Waals surface area contributed by atoms with Crippen LogP contribution in [0.2, 0.25) is 0 Å². The second-order valence-corrected chi connectivity index (χ2v) is 7.76. The summed E-state index contributed by atoms with van der Waals surface area (Å²) in [5.74, 6) is -0.613. The van der Waals surface area contributed by atoms with Gasteiger partial charge in [-0.15, -0.1) is 0 Å². The van der Waals surface area contributed by atoms with Crippen LogP contribution in [-0.2, 0) is 6.61 Å². The van der Waals surface area contributed by atoms with E-state index >= 15 is 0 Å². The summed E-state index contributed by atoms with van der Waals surface area (Å²) < 4.78 is 13.3. The van der Waals surface area contributed by atoms with E-state index in [0.29, 0.717) is 22.4 Å². The lowest BCUT2D eigenvalue weighted by molar-refractivity contribution is 0.106. The van der Waals surface area contributed by atoms with Gasteiger partial charge >= 0.3 is 0 Å². The van der Waals surface area contributed by atoms with Gasteiger partial charge in [0, 0.05) is 11.1 Å². The number of ketones is 1. The van der Waals surface area contributed by atoms with Crippen LogP contribution in [-0.4, -0.2) is 16.6 Å². The lowest BCUT2D eigenvalue weighted by atomic mass is 9.81. The van der Waals surface area contributed by atoms with Crippen molar-refractivity contribution >= 4 is 17.2 Å². The zero-order chi connectivity index (χ0) is 22.9. The molecule has 4 aromatic rings. The molecule has 0 saturated carbocycles. The van der Waals surface area contributed by atoms with Crippen molar-refractivity contribution in [2.75, 3.05) is 0 Å². The predicted octanol–water partition coefficient (Wildman–Crippen LogP) is 5.84. The van der Waals surface area contributed by atoms with Gasteiger partial charge in [-0.05, 0) is 82.4 Å². The first-order valence-electron chi connectivity index (χ1n) is 10.4. The average Bonchev–Trinajstić information content (AvgIpc) is 2.87. The maximum Gasteiger partial charge on any atom is 0.212 e. The highest BCUT2D eigenvalue weighted by Crippen LogP contribution is 2.38. The number of Topliss-reactive ketones (excluding diaryl/α,β-unsaturated/α-hetero) is 1. The van der Waals surface area contributed by atoms with Crippen LogP contribution in [0.15, 0.2) is 89.9 Å². The SMILES string of the molecule is N#Cc1ccc2c(c1)-c1cc(-c3cccc(CO)c3)ccc1C(=O)/C2=N/c1ccc(F)cc1. The summed E-state index contributed by atoms with van der Waals surface area (Å²) in [5.41, 5.74) is 6.37. The van der Waals surface area contributed by atoms with Crippen LogP contribution in [0.4, 0.5) is 10.1 Å². The summed E-state index contributed by atoms with van der Waals surface area (Å²) in [6.07, 6.45) is 0. The second kappa shape index (κ2) is 8.27. The minimum Gasteiger partial charge on any atom is -0.392 e. The number of halogens is 1. The zero-order valence-electron chi connectivity index (χ0n) is 17.4. The van der Waals surface area contributed by atoms with Crippen LogP contribution in [0.5, 0.6) is 0 Å². The molecule has 1 aliphatic rings. The number of nitriles is 1. The molecule has 0 atom stereocenters. The van der Waals surface area contributed by atoms with E-state index in [1.807, 2.05) is 36.4 Å². The first-order valence-corrected chi connectivity index (χ1v) is 10.4. The third-order valence-electron chi connectivity index (χ3n) is 5.68. The monoisotopic (exact) mass is 432 g/mol. The van der Waals surface area contributed by atoms with E-state index in [0.717, 1.165) is 27.8 Å². The standard InChI is InChI=1S/C28H17FN2O2/c29-21-6-8-22(9-7-21)31-27-23-10-4-17(15-30)13-25(23)26-14-20(5-11-24(26)28(27)33)19-3-1-2-18(12-19)16-32/h1-14,32H,16H2/b31-27+. The van der Waals surface area contributed by atoms with E-state index in [1.165, 1.54) is 24.3 Å². The van der Waals surface area contributed by atoms with Gasteiger partial charge in [0.25, 0.3) is 0 Å². The Balaban J connectivity index is 1.71. The van der Waals surface area contributed by atoms with E-state index in [-0.39, 0.29) is 23.9 Å². The van der Waals surface area contributed by atoms with Crippen molar-refractivity contribution < 1.29 is 14.3 Å². The lowest BCUT2D eigenvalue weighted by Gasteiger charge is -2.22. The molecule has 0 saturated heterocycles. The quantitative estimate of drug-likeness (QED) is 0.442. The maximum absolute atomic E-state index is 13.5. The van der Waals surface area contributed by atoms with Gasteiger partial charge in [-0.25, -0.2) is 9.38 Å². The molecular weight excluding hydrogens is 415 g/mol. The summed E-state index contributed by atoms with van der Waals surface area (Å²) in [4.78, 5) is 18.0. The number of nitrogens with zero attached hydrogens (tertiary/aromatic N) is 2. The van der Waals surface area contributed by atoms with Gasteiger partial charge in [0.15, 0.2) is 0 Å². The van der Waals surface area contributed by atoms with Gasteiger partial charge in [0.2, 0.25) is 5.78 Å². The van der Waals surface area contributed by atoms with Crippen molar-refractivity contribution in [3.8, 4) is 28.3 Å². The molecule has 0 aromatic heterocycles. The number of carbonyl (C=O) groups is 1. The molecule has 0 bridgehead atoms. The molecule has 4 nitrogen and oxygen atoms in total. The molecule has 158 valence electrons. The van der Waals surface area contributed by atoms with Crippen molar-refractivity contribution in [2.24, 2.45) is 4.99 Å². The van der Waals surface area contributed by atoms with Gasteiger partial charge in [-0.2, -0.15) is 5.26 Å². The Labute approximate surface area is 189 Å². The van der Waals surface area contributed by atoms with Gasteiger partial charge < -0.3 is 5.11 Å². The predicted molar refractivity (Wildman–Crippen MR) is 125 cm³/mol. The summed E-state index contributed by atoms with van der Waals surface area (Å²) in [6.45, 7) is -0.0607. The summed E-state index contributed by atoms with van der Waals surface area (Å²) in [7, 11) is 0. The van der Waals surface area contributed by atoms with Crippen LogP contribution >= 0.6 is 0 Å². The van der Waals surface area contributed by atoms with Crippen LogP contribution < -0.4 is 0 Å². The van der Waals surface area contributed by atoms with E-state index in [2.05, 4.69) is 11.1 Å². The number of aliphatic imine (C=N–C) groups is 1. The fourth-order valence-corrected chi connectivity index (χ4v) is 4.04. The van der Waals surface area contributed by atoms with Crippen LogP contribution in [0.1, 0.15) is 27.0 Å². The van der Waals surface area contributed by atoms with Crippen molar-refractivity contribution in [3.63, 3.8) is 0 Å². The molecule has 5 heteroatoms. The number of fused-ring (bicyclic) bond motifs is 3. The Morgan fingerprint density at radius 3 is 2.30 bits per heavy atom. The molecule has 0 aliphatic heterocycles. The Hall–Kier alpha value is -4.40.